The van der Waals surface area contributed by atoms with Crippen LogP contribution in [-0.4, -0.2) is 0 Å². The van der Waals surface area contributed by atoms with E-state index in [1.54, 1.807) is 0 Å². The number of nitrogens with zero attached hydrogens (tertiary/aromatic N) is 1. The van der Waals surface area contributed by atoms with E-state index in [1.165, 1.54) is 54.9 Å². The topological polar surface area (TPSA) is 16.4 Å². The smallest absolute Gasteiger partial charge is 0.135 e. The summed E-state index contributed by atoms with van der Waals surface area (Å²) in [7, 11) is 0. The lowest BCUT2D eigenvalue weighted by atomic mass is 9.80. The second kappa shape index (κ2) is 9.70. The van der Waals surface area contributed by atoms with Gasteiger partial charge in [0.1, 0.15) is 11.2 Å². The quantitative estimate of drug-likeness (QED) is 0.207. The summed E-state index contributed by atoms with van der Waals surface area (Å²) in [5.74, 6) is 0. The van der Waals surface area contributed by atoms with Crippen molar-refractivity contribution in [1.29, 1.82) is 0 Å². The molecule has 0 bridgehead atoms. The Hall–Kier alpha value is -5.60. The number of furan rings is 1. The highest BCUT2D eigenvalue weighted by molar-refractivity contribution is 6.11. The SMILES string of the molecule is CC1(C)c2ccc(N(c3ccccc3)c3ccc(-c4ccc5ccccc5c4)cc3)cc2-c2ccc3oc4ccccc4c3c21. The molecule has 1 aliphatic carbocycles. The van der Waals surface area contributed by atoms with Gasteiger partial charge in [0.05, 0.1) is 0 Å². The molecule has 0 unspecified atom stereocenters. The maximum absolute atomic E-state index is 6.30. The number of para-hydroxylation sites is 2. The molecule has 0 atom stereocenters. The molecule has 0 spiro atoms. The van der Waals surface area contributed by atoms with Crippen molar-refractivity contribution in [2.75, 3.05) is 4.90 Å². The van der Waals surface area contributed by atoms with Crippen molar-refractivity contribution in [2.24, 2.45) is 0 Å². The molecule has 0 radical (unpaired) electrons. The minimum atomic E-state index is -0.158. The Morgan fingerprint density at radius 2 is 1.18 bits per heavy atom. The van der Waals surface area contributed by atoms with Gasteiger partial charge in [-0.25, -0.2) is 0 Å². The standard InChI is InChI=1S/C43H31NO/c1-43(2)38-24-22-34(27-37(38)35-23-25-40-41(42(35)43)36-14-8-9-15-39(36)45-40)44(32-12-4-3-5-13-32)33-20-18-29(19-21-33)31-17-16-28-10-6-7-11-30(28)26-31/h3-27H,1-2H3. The van der Waals surface area contributed by atoms with Gasteiger partial charge < -0.3 is 9.32 Å². The molecule has 2 nitrogen and oxygen atoms in total. The van der Waals surface area contributed by atoms with Crippen LogP contribution in [0.25, 0.3) is 55.0 Å². The molecule has 1 aromatic heterocycles. The number of rotatable bonds is 4. The fraction of sp³-hybridized carbons (Fsp3) is 0.0698. The van der Waals surface area contributed by atoms with E-state index >= 15 is 0 Å². The fourth-order valence-corrected chi connectivity index (χ4v) is 7.46. The fourth-order valence-electron chi connectivity index (χ4n) is 7.46. The van der Waals surface area contributed by atoms with E-state index in [0.717, 1.165) is 28.2 Å². The first-order valence-electron chi connectivity index (χ1n) is 15.6. The van der Waals surface area contributed by atoms with Crippen LogP contribution in [0.5, 0.6) is 0 Å². The van der Waals surface area contributed by atoms with Gasteiger partial charge in [0.25, 0.3) is 0 Å². The third-order valence-corrected chi connectivity index (χ3v) is 9.62. The van der Waals surface area contributed by atoms with Crippen LogP contribution in [-0.2, 0) is 5.41 Å². The van der Waals surface area contributed by atoms with Gasteiger partial charge >= 0.3 is 0 Å². The van der Waals surface area contributed by atoms with Crippen molar-refractivity contribution < 1.29 is 4.42 Å². The summed E-state index contributed by atoms with van der Waals surface area (Å²) in [5.41, 5.74) is 12.8. The number of hydrogen-bond acceptors (Lipinski definition) is 2. The third kappa shape index (κ3) is 3.96. The molecule has 214 valence electrons. The maximum Gasteiger partial charge on any atom is 0.135 e. The first-order chi connectivity index (χ1) is 22.1. The van der Waals surface area contributed by atoms with Crippen LogP contribution in [0.3, 0.4) is 0 Å². The Labute approximate surface area is 262 Å². The molecule has 7 aromatic carbocycles. The molecule has 0 amide bonds. The van der Waals surface area contributed by atoms with Crippen LogP contribution in [0.15, 0.2) is 156 Å². The van der Waals surface area contributed by atoms with Crippen molar-refractivity contribution in [3.63, 3.8) is 0 Å². The van der Waals surface area contributed by atoms with Gasteiger partial charge in [-0.15, -0.1) is 0 Å². The van der Waals surface area contributed by atoms with E-state index in [4.69, 9.17) is 4.42 Å². The van der Waals surface area contributed by atoms with Gasteiger partial charge in [0, 0.05) is 33.2 Å². The molecule has 0 aliphatic heterocycles. The molecule has 0 saturated heterocycles. The number of hydrogen-bond donors (Lipinski definition) is 0. The molecule has 0 fully saturated rings. The van der Waals surface area contributed by atoms with Gasteiger partial charge in [0.15, 0.2) is 0 Å². The zero-order valence-electron chi connectivity index (χ0n) is 25.3. The maximum atomic E-state index is 6.30. The first kappa shape index (κ1) is 25.9. The van der Waals surface area contributed by atoms with Crippen molar-refractivity contribution in [1.82, 2.24) is 0 Å². The summed E-state index contributed by atoms with van der Waals surface area (Å²) < 4.78 is 6.30. The Bertz CT molecular complexity index is 2400. The predicted octanol–water partition coefficient (Wildman–Crippen LogP) is 12.2. The van der Waals surface area contributed by atoms with Crippen LogP contribution in [0.1, 0.15) is 25.0 Å². The highest BCUT2D eigenvalue weighted by Crippen LogP contribution is 2.54. The Morgan fingerprint density at radius 3 is 2.02 bits per heavy atom. The monoisotopic (exact) mass is 577 g/mol. The van der Waals surface area contributed by atoms with E-state index in [9.17, 15) is 0 Å². The van der Waals surface area contributed by atoms with E-state index in [0.29, 0.717) is 0 Å². The van der Waals surface area contributed by atoms with Crippen molar-refractivity contribution in [3.05, 3.63) is 163 Å². The zero-order chi connectivity index (χ0) is 30.1. The molecule has 45 heavy (non-hydrogen) atoms. The Kier molecular flexibility index (Phi) is 5.58. The average Bonchev–Trinajstić information content (AvgIpc) is 3.57. The number of fused-ring (bicyclic) bond motifs is 8. The third-order valence-electron chi connectivity index (χ3n) is 9.62. The van der Waals surface area contributed by atoms with Gasteiger partial charge in [-0.1, -0.05) is 111 Å². The lowest BCUT2D eigenvalue weighted by Gasteiger charge is -2.27. The number of anilines is 3. The lowest BCUT2D eigenvalue weighted by Crippen LogP contribution is -2.16. The van der Waals surface area contributed by atoms with Crippen molar-refractivity contribution >= 4 is 49.8 Å². The summed E-state index contributed by atoms with van der Waals surface area (Å²) in [6, 6.07) is 54.6. The summed E-state index contributed by atoms with van der Waals surface area (Å²) in [5, 5.41) is 4.93. The molecule has 2 heteroatoms. The molecule has 1 aliphatic rings. The largest absolute Gasteiger partial charge is 0.456 e. The second-order valence-electron chi connectivity index (χ2n) is 12.6. The highest BCUT2D eigenvalue weighted by atomic mass is 16.3. The van der Waals surface area contributed by atoms with E-state index in [-0.39, 0.29) is 5.41 Å². The Morgan fingerprint density at radius 1 is 0.489 bits per heavy atom. The van der Waals surface area contributed by atoms with Gasteiger partial charge in [0.2, 0.25) is 0 Å². The Balaban J connectivity index is 1.18. The van der Waals surface area contributed by atoms with Crippen LogP contribution in [0.4, 0.5) is 17.1 Å². The normalized spacial score (nSPS) is 13.3. The van der Waals surface area contributed by atoms with Crippen molar-refractivity contribution in [3.8, 4) is 22.3 Å². The van der Waals surface area contributed by atoms with Gasteiger partial charge in [-0.2, -0.15) is 0 Å². The van der Waals surface area contributed by atoms with Crippen LogP contribution in [0, 0.1) is 0 Å². The molecule has 0 saturated carbocycles. The summed E-state index contributed by atoms with van der Waals surface area (Å²) in [4.78, 5) is 2.36. The van der Waals surface area contributed by atoms with Gasteiger partial charge in [-0.05, 0) is 98.8 Å². The van der Waals surface area contributed by atoms with E-state index in [2.05, 4.69) is 164 Å². The summed E-state index contributed by atoms with van der Waals surface area (Å²) >= 11 is 0. The summed E-state index contributed by atoms with van der Waals surface area (Å²) in [6.45, 7) is 4.69. The minimum Gasteiger partial charge on any atom is -0.456 e. The molecule has 1 heterocycles. The lowest BCUT2D eigenvalue weighted by molar-refractivity contribution is 0.657. The number of benzene rings is 7. The zero-order valence-corrected chi connectivity index (χ0v) is 25.3. The van der Waals surface area contributed by atoms with Crippen LogP contribution < -0.4 is 4.90 Å². The van der Waals surface area contributed by atoms with E-state index < -0.39 is 0 Å². The minimum absolute atomic E-state index is 0.158. The molecule has 9 rings (SSSR count). The first-order valence-corrected chi connectivity index (χ1v) is 15.6. The van der Waals surface area contributed by atoms with E-state index in [1.807, 2.05) is 6.07 Å². The molecule has 0 N–H and O–H groups in total. The highest BCUT2D eigenvalue weighted by Gasteiger charge is 2.38. The van der Waals surface area contributed by atoms with Crippen molar-refractivity contribution in [2.45, 2.75) is 19.3 Å². The van der Waals surface area contributed by atoms with Gasteiger partial charge in [-0.3, -0.25) is 0 Å². The molecule has 8 aromatic rings. The summed E-state index contributed by atoms with van der Waals surface area (Å²) in [6.07, 6.45) is 0. The molecular formula is C43H31NO. The van der Waals surface area contributed by atoms with Crippen LogP contribution in [0.2, 0.25) is 0 Å². The molecular weight excluding hydrogens is 546 g/mol. The van der Waals surface area contributed by atoms with Crippen LogP contribution >= 0.6 is 0 Å². The second-order valence-corrected chi connectivity index (χ2v) is 12.6. The predicted molar refractivity (Wildman–Crippen MR) is 189 cm³/mol. The average molecular weight is 578 g/mol.